The first kappa shape index (κ1) is 28.1. The fourth-order valence-electron chi connectivity index (χ4n) is 5.15. The standard InChI is InChI=1S/C28H28N8O6S/c1-19-13-24(33-27(32-19)35-10-9-30-17-35)34-11-12-36(43(39,40)21-5-3-2-4-6-21)28(16-34,25(29)37)26(38)31-15-20-7-8-22-23(14-20)42-18-41-22/h2-10,13-14,17H,11-12,15-16,18H2,1H3,(H2,29,37)(H,31,38). The van der Waals surface area contributed by atoms with E-state index in [1.165, 1.54) is 12.1 Å². The summed E-state index contributed by atoms with van der Waals surface area (Å²) in [5.41, 5.74) is 4.92. The number of aryl methyl sites for hydroxylation is 1. The van der Waals surface area contributed by atoms with Gasteiger partial charge in [0.2, 0.25) is 28.3 Å². The molecular weight excluding hydrogens is 576 g/mol. The second kappa shape index (κ2) is 11.0. The smallest absolute Gasteiger partial charge is 0.253 e. The lowest BCUT2D eigenvalue weighted by Gasteiger charge is -2.46. The van der Waals surface area contributed by atoms with Crippen molar-refractivity contribution >= 4 is 27.7 Å². The van der Waals surface area contributed by atoms with Crippen LogP contribution in [0.4, 0.5) is 5.82 Å². The number of nitrogens with one attached hydrogen (secondary N) is 1. The van der Waals surface area contributed by atoms with Crippen LogP contribution in [0.3, 0.4) is 0 Å². The van der Waals surface area contributed by atoms with Crippen LogP contribution in [0.5, 0.6) is 11.5 Å². The molecule has 3 N–H and O–H groups in total. The Balaban J connectivity index is 1.38. The predicted octanol–water partition coefficient (Wildman–Crippen LogP) is 0.751. The number of nitrogens with zero attached hydrogens (tertiary/aromatic N) is 6. The summed E-state index contributed by atoms with van der Waals surface area (Å²) in [5, 5.41) is 2.74. The van der Waals surface area contributed by atoms with E-state index < -0.39 is 27.4 Å². The van der Waals surface area contributed by atoms with Gasteiger partial charge in [-0.2, -0.15) is 9.29 Å². The highest BCUT2D eigenvalue weighted by molar-refractivity contribution is 7.89. The Bertz CT molecular complexity index is 1780. The monoisotopic (exact) mass is 604 g/mol. The zero-order valence-electron chi connectivity index (χ0n) is 23.1. The lowest BCUT2D eigenvalue weighted by Crippen LogP contribution is -2.75. The minimum Gasteiger partial charge on any atom is -0.454 e. The first-order valence-electron chi connectivity index (χ1n) is 13.3. The van der Waals surface area contributed by atoms with Crippen LogP contribution in [0.25, 0.3) is 5.95 Å². The number of piperazine rings is 1. The molecule has 4 heterocycles. The molecule has 0 radical (unpaired) electrons. The molecule has 2 aromatic carbocycles. The van der Waals surface area contributed by atoms with E-state index in [2.05, 4.69) is 20.3 Å². The fraction of sp³-hybridized carbons (Fsp3) is 0.250. The van der Waals surface area contributed by atoms with Crippen molar-refractivity contribution in [3.05, 3.63) is 84.6 Å². The quantitative estimate of drug-likeness (QED) is 0.273. The molecule has 222 valence electrons. The van der Waals surface area contributed by atoms with Crippen LogP contribution in [0.15, 0.2) is 78.2 Å². The summed E-state index contributed by atoms with van der Waals surface area (Å²) in [4.78, 5) is 42.2. The van der Waals surface area contributed by atoms with Gasteiger partial charge < -0.3 is 25.4 Å². The normalized spacial score (nSPS) is 18.4. The van der Waals surface area contributed by atoms with E-state index in [9.17, 15) is 18.0 Å². The molecule has 0 bridgehead atoms. The Labute approximate surface area is 247 Å². The van der Waals surface area contributed by atoms with Crippen molar-refractivity contribution in [1.29, 1.82) is 0 Å². The Hall–Kier alpha value is -5.02. The van der Waals surface area contributed by atoms with E-state index in [-0.39, 0.29) is 37.9 Å². The van der Waals surface area contributed by atoms with Crippen molar-refractivity contribution in [2.24, 2.45) is 5.73 Å². The number of fused-ring (bicyclic) bond motifs is 1. The Morgan fingerprint density at radius 3 is 2.58 bits per heavy atom. The summed E-state index contributed by atoms with van der Waals surface area (Å²) in [7, 11) is -4.34. The van der Waals surface area contributed by atoms with Crippen LogP contribution in [0.2, 0.25) is 0 Å². The van der Waals surface area contributed by atoms with Gasteiger partial charge in [0, 0.05) is 43.8 Å². The molecule has 2 aliphatic heterocycles. The van der Waals surface area contributed by atoms with E-state index >= 15 is 0 Å². The van der Waals surface area contributed by atoms with Crippen LogP contribution in [0.1, 0.15) is 11.3 Å². The Morgan fingerprint density at radius 1 is 1.05 bits per heavy atom. The zero-order valence-corrected chi connectivity index (χ0v) is 23.9. The molecule has 2 aromatic heterocycles. The van der Waals surface area contributed by atoms with Crippen LogP contribution < -0.4 is 25.4 Å². The van der Waals surface area contributed by atoms with Crippen molar-refractivity contribution in [2.45, 2.75) is 23.9 Å². The summed E-state index contributed by atoms with van der Waals surface area (Å²) in [6.07, 6.45) is 4.81. The van der Waals surface area contributed by atoms with Crippen molar-refractivity contribution in [3.63, 3.8) is 0 Å². The summed E-state index contributed by atoms with van der Waals surface area (Å²) in [6, 6.07) is 14.4. The molecule has 1 saturated heterocycles. The van der Waals surface area contributed by atoms with Gasteiger partial charge in [0.25, 0.3) is 11.8 Å². The van der Waals surface area contributed by atoms with E-state index in [1.807, 2.05) is 0 Å². The molecular formula is C28H28N8O6S. The number of primary amides is 1. The van der Waals surface area contributed by atoms with Gasteiger partial charge in [-0.3, -0.25) is 14.2 Å². The third-order valence-electron chi connectivity index (χ3n) is 7.31. The number of ether oxygens (including phenoxy) is 2. The molecule has 0 aliphatic carbocycles. The summed E-state index contributed by atoms with van der Waals surface area (Å²) in [6.45, 7) is 1.35. The molecule has 0 saturated carbocycles. The van der Waals surface area contributed by atoms with Crippen LogP contribution in [0, 0.1) is 6.92 Å². The molecule has 14 nitrogen and oxygen atoms in total. The maximum Gasteiger partial charge on any atom is 0.253 e. The minimum absolute atomic E-state index is 0.0267. The topological polar surface area (TPSA) is 175 Å². The maximum atomic E-state index is 14.1. The number of rotatable bonds is 8. The Kier molecular flexibility index (Phi) is 7.19. The molecule has 6 rings (SSSR count). The number of carbonyl (C=O) groups excluding carboxylic acids is 2. The van der Waals surface area contributed by atoms with E-state index in [4.69, 9.17) is 15.2 Å². The second-order valence-corrected chi connectivity index (χ2v) is 11.9. The van der Waals surface area contributed by atoms with Crippen molar-refractivity contribution in [1.82, 2.24) is 29.1 Å². The molecule has 1 unspecified atom stereocenters. The third kappa shape index (κ3) is 5.12. The number of benzene rings is 2. The molecule has 0 spiro atoms. The van der Waals surface area contributed by atoms with Gasteiger partial charge in [0.1, 0.15) is 12.1 Å². The summed E-state index contributed by atoms with van der Waals surface area (Å²) >= 11 is 0. The highest BCUT2D eigenvalue weighted by Gasteiger charge is 2.58. The van der Waals surface area contributed by atoms with Crippen LogP contribution >= 0.6 is 0 Å². The van der Waals surface area contributed by atoms with Crippen LogP contribution in [-0.4, -0.2) is 76.0 Å². The van der Waals surface area contributed by atoms with Gasteiger partial charge in [-0.1, -0.05) is 24.3 Å². The molecule has 2 aliphatic rings. The first-order chi connectivity index (χ1) is 20.7. The molecule has 1 atom stereocenters. The number of amides is 2. The SMILES string of the molecule is Cc1cc(N2CCN(S(=O)(=O)c3ccccc3)C(C(N)=O)(C(=O)NCc3ccc4c(c3)OCO4)C2)nc(-n2ccnc2)n1. The number of sulfonamides is 1. The number of hydrogen-bond acceptors (Lipinski definition) is 10. The van der Waals surface area contributed by atoms with Gasteiger partial charge in [0.15, 0.2) is 11.5 Å². The number of carbonyl (C=O) groups is 2. The van der Waals surface area contributed by atoms with Gasteiger partial charge in [0.05, 0.1) is 11.4 Å². The van der Waals surface area contributed by atoms with Gasteiger partial charge in [-0.05, 0) is 36.8 Å². The van der Waals surface area contributed by atoms with Gasteiger partial charge in [-0.15, -0.1) is 0 Å². The molecule has 4 aromatic rings. The average molecular weight is 605 g/mol. The molecule has 43 heavy (non-hydrogen) atoms. The maximum absolute atomic E-state index is 14.1. The highest BCUT2D eigenvalue weighted by atomic mass is 32.2. The number of nitrogens with two attached hydrogens (primary N) is 1. The molecule has 2 amide bonds. The second-order valence-electron chi connectivity index (χ2n) is 10.0. The van der Waals surface area contributed by atoms with E-state index in [1.54, 1.807) is 77.6 Å². The number of hydrogen-bond donors (Lipinski definition) is 2. The first-order valence-corrected chi connectivity index (χ1v) is 14.8. The van der Waals surface area contributed by atoms with Crippen LogP contribution in [-0.2, 0) is 26.2 Å². The average Bonchev–Trinajstić information content (AvgIpc) is 3.72. The van der Waals surface area contributed by atoms with Crippen molar-refractivity contribution in [3.8, 4) is 17.4 Å². The predicted molar refractivity (Wildman–Crippen MR) is 153 cm³/mol. The van der Waals surface area contributed by atoms with E-state index in [0.717, 1.165) is 4.31 Å². The fourth-order valence-corrected chi connectivity index (χ4v) is 6.86. The molecule has 1 fully saturated rings. The number of anilines is 1. The van der Waals surface area contributed by atoms with E-state index in [0.29, 0.717) is 34.5 Å². The third-order valence-corrected chi connectivity index (χ3v) is 9.25. The largest absolute Gasteiger partial charge is 0.454 e. The van der Waals surface area contributed by atoms with Gasteiger partial charge >= 0.3 is 0 Å². The summed E-state index contributed by atoms with van der Waals surface area (Å²) < 4.78 is 41.2. The minimum atomic E-state index is -4.34. The highest BCUT2D eigenvalue weighted by Crippen LogP contribution is 2.34. The molecule has 15 heteroatoms. The number of imidazole rings is 1. The summed E-state index contributed by atoms with van der Waals surface area (Å²) in [5.74, 6) is -0.197. The lowest BCUT2D eigenvalue weighted by molar-refractivity contribution is -0.141. The zero-order chi connectivity index (χ0) is 30.2. The van der Waals surface area contributed by atoms with Crippen molar-refractivity contribution in [2.75, 3.05) is 31.3 Å². The lowest BCUT2D eigenvalue weighted by atomic mass is 9.93. The van der Waals surface area contributed by atoms with Gasteiger partial charge in [-0.25, -0.2) is 18.4 Å². The van der Waals surface area contributed by atoms with Crippen molar-refractivity contribution < 1.29 is 27.5 Å². The number of aromatic nitrogens is 4. The Morgan fingerprint density at radius 2 is 1.84 bits per heavy atom.